The summed E-state index contributed by atoms with van der Waals surface area (Å²) in [6, 6.07) is 3.63. The number of thiazole rings is 1. The Balaban J connectivity index is 1.80. The third-order valence-electron chi connectivity index (χ3n) is 1.69. The van der Waals surface area contributed by atoms with Crippen molar-refractivity contribution in [1.29, 1.82) is 0 Å². The van der Waals surface area contributed by atoms with Crippen molar-refractivity contribution in [3.63, 3.8) is 0 Å². The summed E-state index contributed by atoms with van der Waals surface area (Å²) in [5.41, 5.74) is 6.54. The second kappa shape index (κ2) is 4.92. The zero-order valence-corrected chi connectivity index (χ0v) is 10.2. The van der Waals surface area contributed by atoms with Crippen molar-refractivity contribution in [2.45, 2.75) is 11.5 Å². The predicted molar refractivity (Wildman–Crippen MR) is 65.2 cm³/mol. The van der Waals surface area contributed by atoms with E-state index in [9.17, 15) is 0 Å². The third-order valence-corrected chi connectivity index (χ3v) is 3.61. The third kappa shape index (κ3) is 3.15. The lowest BCUT2D eigenvalue weighted by molar-refractivity contribution is 0.532. The van der Waals surface area contributed by atoms with Crippen LogP contribution in [0, 0.1) is 0 Å². The van der Waals surface area contributed by atoms with E-state index in [-0.39, 0.29) is 0 Å². The molecular weight excluding hydrogens is 252 g/mol. The lowest BCUT2D eigenvalue weighted by atomic mass is 10.5. The van der Waals surface area contributed by atoms with E-state index < -0.39 is 0 Å². The minimum absolute atomic E-state index is 0.434. The standard InChI is InChI=1S/C9H9ClN2OS2/c10-8-2-1-7(13-8)5-14-3-6-4-15-9(11)12-6/h1-2,4H,3,5H2,(H2,11,12). The SMILES string of the molecule is Nc1nc(CSCc2ccc(Cl)o2)cs1. The summed E-state index contributed by atoms with van der Waals surface area (Å²) in [6.07, 6.45) is 0. The smallest absolute Gasteiger partial charge is 0.193 e. The molecule has 0 fully saturated rings. The van der Waals surface area contributed by atoms with E-state index in [1.165, 1.54) is 11.3 Å². The molecule has 0 radical (unpaired) electrons. The molecule has 0 unspecified atom stereocenters. The number of hydrogen-bond acceptors (Lipinski definition) is 5. The molecule has 2 heterocycles. The van der Waals surface area contributed by atoms with E-state index in [0.717, 1.165) is 23.0 Å². The second-order valence-corrected chi connectivity index (χ2v) is 5.12. The van der Waals surface area contributed by atoms with Crippen molar-refractivity contribution < 1.29 is 4.42 Å². The molecule has 0 aliphatic carbocycles. The molecule has 0 aliphatic rings. The molecule has 15 heavy (non-hydrogen) atoms. The maximum Gasteiger partial charge on any atom is 0.193 e. The molecule has 3 nitrogen and oxygen atoms in total. The minimum Gasteiger partial charge on any atom is -0.449 e. The highest BCUT2D eigenvalue weighted by Crippen LogP contribution is 2.22. The molecule has 0 atom stereocenters. The molecule has 0 saturated heterocycles. The van der Waals surface area contributed by atoms with E-state index in [4.69, 9.17) is 21.8 Å². The van der Waals surface area contributed by atoms with Gasteiger partial charge in [-0.15, -0.1) is 23.1 Å². The summed E-state index contributed by atoms with van der Waals surface area (Å²) in [7, 11) is 0. The maximum absolute atomic E-state index is 5.66. The highest BCUT2D eigenvalue weighted by molar-refractivity contribution is 7.97. The van der Waals surface area contributed by atoms with Crippen LogP contribution < -0.4 is 5.73 Å². The van der Waals surface area contributed by atoms with Gasteiger partial charge in [0.2, 0.25) is 0 Å². The van der Waals surface area contributed by atoms with Gasteiger partial charge in [-0.2, -0.15) is 0 Å². The molecule has 0 aromatic carbocycles. The number of aromatic nitrogens is 1. The first-order chi connectivity index (χ1) is 7.24. The summed E-state index contributed by atoms with van der Waals surface area (Å²) in [4.78, 5) is 4.17. The van der Waals surface area contributed by atoms with Crippen molar-refractivity contribution in [3.05, 3.63) is 34.2 Å². The molecule has 2 N–H and O–H groups in total. The van der Waals surface area contributed by atoms with Gasteiger partial charge in [0.25, 0.3) is 0 Å². The molecule has 6 heteroatoms. The van der Waals surface area contributed by atoms with Gasteiger partial charge in [0.05, 0.1) is 11.4 Å². The Kier molecular flexibility index (Phi) is 3.56. The van der Waals surface area contributed by atoms with Gasteiger partial charge in [0, 0.05) is 11.1 Å². The fourth-order valence-electron chi connectivity index (χ4n) is 1.07. The molecule has 0 aliphatic heterocycles. The van der Waals surface area contributed by atoms with E-state index in [1.807, 2.05) is 11.4 Å². The molecule has 0 bridgehead atoms. The number of nitrogens with two attached hydrogens (primary N) is 1. The van der Waals surface area contributed by atoms with Crippen LogP contribution in [0.1, 0.15) is 11.5 Å². The Morgan fingerprint density at radius 2 is 2.33 bits per heavy atom. The van der Waals surface area contributed by atoms with Crippen LogP contribution >= 0.6 is 34.7 Å². The van der Waals surface area contributed by atoms with Crippen molar-refractivity contribution in [2.75, 3.05) is 5.73 Å². The van der Waals surface area contributed by atoms with Gasteiger partial charge in [-0.3, -0.25) is 0 Å². The average Bonchev–Trinajstić information content (AvgIpc) is 2.76. The molecule has 0 spiro atoms. The van der Waals surface area contributed by atoms with E-state index in [2.05, 4.69) is 4.98 Å². The van der Waals surface area contributed by atoms with Gasteiger partial charge >= 0.3 is 0 Å². The van der Waals surface area contributed by atoms with Gasteiger partial charge in [-0.25, -0.2) is 4.98 Å². The summed E-state index contributed by atoms with van der Waals surface area (Å²) >= 11 is 8.84. The molecule has 80 valence electrons. The quantitative estimate of drug-likeness (QED) is 0.915. The Hall–Kier alpha value is -0.650. The van der Waals surface area contributed by atoms with Gasteiger partial charge in [-0.1, -0.05) is 0 Å². The van der Waals surface area contributed by atoms with E-state index >= 15 is 0 Å². The Bertz CT molecular complexity index is 401. The highest BCUT2D eigenvalue weighted by Gasteiger charge is 2.02. The van der Waals surface area contributed by atoms with Crippen LogP contribution in [-0.2, 0) is 11.5 Å². The number of furan rings is 1. The Morgan fingerprint density at radius 3 is 2.93 bits per heavy atom. The highest BCUT2D eigenvalue weighted by atomic mass is 35.5. The molecular formula is C9H9ClN2OS2. The predicted octanol–water partition coefficient (Wildman–Crippen LogP) is 3.41. The summed E-state index contributed by atoms with van der Waals surface area (Å²) in [6.45, 7) is 0. The van der Waals surface area contributed by atoms with Crippen LogP contribution in [0.3, 0.4) is 0 Å². The van der Waals surface area contributed by atoms with E-state index in [1.54, 1.807) is 17.8 Å². The number of hydrogen-bond donors (Lipinski definition) is 1. The first-order valence-electron chi connectivity index (χ1n) is 4.26. The second-order valence-electron chi connectivity index (χ2n) is 2.88. The molecule has 2 aromatic rings. The number of nitrogen functional groups attached to an aromatic ring is 1. The summed E-state index contributed by atoms with van der Waals surface area (Å²) < 4.78 is 5.23. The molecule has 0 saturated carbocycles. The Labute approximate surface area is 101 Å². The summed E-state index contributed by atoms with van der Waals surface area (Å²) in [5.74, 6) is 2.52. The van der Waals surface area contributed by atoms with Gasteiger partial charge in [-0.05, 0) is 23.7 Å². The number of nitrogens with zero attached hydrogens (tertiary/aromatic N) is 1. The average molecular weight is 261 g/mol. The normalized spacial score (nSPS) is 10.7. The Morgan fingerprint density at radius 1 is 1.47 bits per heavy atom. The van der Waals surface area contributed by atoms with Crippen LogP contribution in [0.2, 0.25) is 5.22 Å². The topological polar surface area (TPSA) is 52.0 Å². The van der Waals surface area contributed by atoms with Crippen molar-refractivity contribution >= 4 is 39.8 Å². The van der Waals surface area contributed by atoms with Crippen LogP contribution in [0.25, 0.3) is 0 Å². The first-order valence-corrected chi connectivity index (χ1v) is 6.67. The van der Waals surface area contributed by atoms with Crippen molar-refractivity contribution in [1.82, 2.24) is 4.98 Å². The number of halogens is 1. The van der Waals surface area contributed by atoms with Crippen LogP contribution in [0.4, 0.5) is 5.13 Å². The van der Waals surface area contributed by atoms with Gasteiger partial charge in [0.15, 0.2) is 10.4 Å². The maximum atomic E-state index is 5.66. The fraction of sp³-hybridized carbons (Fsp3) is 0.222. The minimum atomic E-state index is 0.434. The van der Waals surface area contributed by atoms with Gasteiger partial charge in [0.1, 0.15) is 5.76 Å². The van der Waals surface area contributed by atoms with Crippen molar-refractivity contribution in [3.8, 4) is 0 Å². The van der Waals surface area contributed by atoms with Crippen molar-refractivity contribution in [2.24, 2.45) is 0 Å². The summed E-state index contributed by atoms with van der Waals surface area (Å²) in [5, 5.41) is 3.02. The molecule has 0 amide bonds. The first kappa shape index (κ1) is 10.9. The van der Waals surface area contributed by atoms with Gasteiger partial charge < -0.3 is 10.2 Å². The molecule has 2 aromatic heterocycles. The van der Waals surface area contributed by atoms with Crippen LogP contribution in [0.15, 0.2) is 21.9 Å². The monoisotopic (exact) mass is 260 g/mol. The number of rotatable bonds is 4. The lowest BCUT2D eigenvalue weighted by Gasteiger charge is -1.95. The fourth-order valence-corrected chi connectivity index (χ4v) is 2.72. The zero-order valence-electron chi connectivity index (χ0n) is 7.77. The van der Waals surface area contributed by atoms with E-state index in [0.29, 0.717) is 10.4 Å². The lowest BCUT2D eigenvalue weighted by Crippen LogP contribution is -1.85. The van der Waals surface area contributed by atoms with Crippen LogP contribution in [-0.4, -0.2) is 4.98 Å². The zero-order chi connectivity index (χ0) is 10.7. The number of anilines is 1. The van der Waals surface area contributed by atoms with Crippen LogP contribution in [0.5, 0.6) is 0 Å². The largest absolute Gasteiger partial charge is 0.449 e. The number of thioether (sulfide) groups is 1. The molecule has 2 rings (SSSR count).